The maximum atomic E-state index is 12.9. The average molecular weight is 348 g/mol. The van der Waals surface area contributed by atoms with Crippen LogP contribution in [0, 0.1) is 0 Å². The van der Waals surface area contributed by atoms with Crippen molar-refractivity contribution in [1.82, 2.24) is 9.21 Å². The molecule has 1 fully saturated rings. The molecular weight excluding hydrogens is 327 g/mol. The molecule has 23 heavy (non-hydrogen) atoms. The van der Waals surface area contributed by atoms with Crippen LogP contribution >= 0.6 is 0 Å². The van der Waals surface area contributed by atoms with Gasteiger partial charge in [0.1, 0.15) is 0 Å². The lowest BCUT2D eigenvalue weighted by atomic mass is 10.1. The van der Waals surface area contributed by atoms with E-state index in [-0.39, 0.29) is 13.1 Å². The van der Waals surface area contributed by atoms with Crippen molar-refractivity contribution in [2.75, 3.05) is 47.5 Å². The van der Waals surface area contributed by atoms with Crippen molar-refractivity contribution in [2.24, 2.45) is 0 Å². The van der Waals surface area contributed by atoms with Crippen LogP contribution in [0.5, 0.6) is 17.2 Å². The van der Waals surface area contributed by atoms with E-state index < -0.39 is 10.4 Å². The summed E-state index contributed by atoms with van der Waals surface area (Å²) >= 11 is 0. The number of piperazine rings is 1. The summed E-state index contributed by atoms with van der Waals surface area (Å²) in [6.45, 7) is 1.78. The fourth-order valence-corrected chi connectivity index (χ4v) is 3.19. The Bertz CT molecular complexity index is 620. The highest BCUT2D eigenvalue weighted by Gasteiger charge is 2.26. The zero-order valence-corrected chi connectivity index (χ0v) is 14.2. The van der Waals surface area contributed by atoms with Crippen molar-refractivity contribution in [3.63, 3.8) is 0 Å². The van der Waals surface area contributed by atoms with Crippen molar-refractivity contribution in [1.29, 1.82) is 0 Å². The second-order valence-electron chi connectivity index (χ2n) is 5.15. The second kappa shape index (κ2) is 7.33. The van der Waals surface area contributed by atoms with E-state index in [1.165, 1.54) is 7.11 Å². The summed E-state index contributed by atoms with van der Waals surface area (Å²) in [6.07, 6.45) is 0. The van der Waals surface area contributed by atoms with Gasteiger partial charge in [-0.25, -0.2) is 0 Å². The van der Waals surface area contributed by atoms with E-state index >= 15 is 0 Å². The lowest BCUT2D eigenvalue weighted by Gasteiger charge is -2.32. The first-order valence-corrected chi connectivity index (χ1v) is 8.44. The maximum Gasteiger partial charge on any atom is 0.374 e. The van der Waals surface area contributed by atoms with E-state index in [1.54, 1.807) is 14.2 Å². The first-order chi connectivity index (χ1) is 10.9. The van der Waals surface area contributed by atoms with Crippen LogP contribution in [0.2, 0.25) is 0 Å². The molecule has 0 spiro atoms. The van der Waals surface area contributed by atoms with Crippen LogP contribution in [0.1, 0.15) is 5.56 Å². The van der Waals surface area contributed by atoms with Gasteiger partial charge in [0, 0.05) is 32.7 Å². The Labute approximate surface area is 135 Å². The lowest BCUT2D eigenvalue weighted by molar-refractivity contribution is 0.177. The molecule has 1 heterocycles. The van der Waals surface area contributed by atoms with E-state index in [0.717, 1.165) is 9.87 Å². The summed E-state index contributed by atoms with van der Waals surface area (Å²) < 4.78 is 51.4. The van der Waals surface area contributed by atoms with Gasteiger partial charge < -0.3 is 14.2 Å². The molecule has 0 atom stereocenters. The third-order valence-corrected chi connectivity index (χ3v) is 4.75. The normalized spacial score (nSPS) is 17.0. The summed E-state index contributed by atoms with van der Waals surface area (Å²) in [4.78, 5) is 2.04. The number of benzene rings is 1. The molecule has 1 aromatic carbocycles. The number of ether oxygens (including phenoxy) is 3. The molecule has 0 aliphatic carbocycles. The van der Waals surface area contributed by atoms with Crippen LogP contribution in [-0.4, -0.2) is 65.1 Å². The highest BCUT2D eigenvalue weighted by Crippen LogP contribution is 2.38. The predicted octanol–water partition coefficient (Wildman–Crippen LogP) is 1.04. The Balaban J connectivity index is 2.09. The van der Waals surface area contributed by atoms with Crippen molar-refractivity contribution < 1.29 is 26.5 Å². The highest BCUT2D eigenvalue weighted by atomic mass is 32.3. The van der Waals surface area contributed by atoms with Gasteiger partial charge in [-0.3, -0.25) is 4.90 Å². The topological polar surface area (TPSA) is 68.3 Å². The first-order valence-electron chi connectivity index (χ1n) is 7.10. The van der Waals surface area contributed by atoms with E-state index in [1.807, 2.05) is 17.0 Å². The molecular formula is C14H21FN2O5S. The second-order valence-corrected chi connectivity index (χ2v) is 6.49. The van der Waals surface area contributed by atoms with Gasteiger partial charge in [0.05, 0.1) is 21.3 Å². The smallest absolute Gasteiger partial charge is 0.374 e. The fraction of sp³-hybridized carbons (Fsp3) is 0.571. The van der Waals surface area contributed by atoms with Crippen LogP contribution in [0.25, 0.3) is 0 Å². The summed E-state index contributed by atoms with van der Waals surface area (Å²) in [5.74, 6) is 1.64. The van der Waals surface area contributed by atoms with Crippen molar-refractivity contribution >= 4 is 10.4 Å². The molecule has 2 rings (SSSR count). The lowest BCUT2D eigenvalue weighted by Crippen LogP contribution is -2.47. The molecule has 1 aliphatic heterocycles. The third kappa shape index (κ3) is 4.24. The number of hydrogen-bond acceptors (Lipinski definition) is 6. The molecule has 9 heteroatoms. The first kappa shape index (κ1) is 17.8. The molecule has 0 amide bonds. The molecule has 7 nitrogen and oxygen atoms in total. The standard InChI is InChI=1S/C14H21FN2O5S/c1-20-12-8-11(9-13(21-2)14(12)22-3)10-16-4-6-17(7-5-16)23(15,18)19/h8-9H,4-7,10H2,1-3H3. The minimum atomic E-state index is -4.60. The van der Waals surface area contributed by atoms with Gasteiger partial charge in [0.2, 0.25) is 5.75 Å². The maximum absolute atomic E-state index is 12.9. The molecule has 0 unspecified atom stereocenters. The van der Waals surface area contributed by atoms with E-state index in [4.69, 9.17) is 14.2 Å². The molecule has 1 aromatic rings. The fourth-order valence-electron chi connectivity index (χ4n) is 2.59. The van der Waals surface area contributed by atoms with Crippen LogP contribution < -0.4 is 14.2 Å². The molecule has 0 bridgehead atoms. The Morgan fingerprint density at radius 3 is 1.91 bits per heavy atom. The van der Waals surface area contributed by atoms with Crippen molar-refractivity contribution in [3.05, 3.63) is 17.7 Å². The monoisotopic (exact) mass is 348 g/mol. The molecule has 130 valence electrons. The van der Waals surface area contributed by atoms with Crippen LogP contribution in [0.4, 0.5) is 3.89 Å². The summed E-state index contributed by atoms with van der Waals surface area (Å²) in [5, 5.41) is 0. The van der Waals surface area contributed by atoms with E-state index in [0.29, 0.717) is 36.9 Å². The van der Waals surface area contributed by atoms with E-state index in [2.05, 4.69) is 0 Å². The van der Waals surface area contributed by atoms with Gasteiger partial charge >= 0.3 is 10.4 Å². The quantitative estimate of drug-likeness (QED) is 0.716. The third-order valence-electron chi connectivity index (χ3n) is 3.77. The largest absolute Gasteiger partial charge is 0.493 e. The van der Waals surface area contributed by atoms with Crippen LogP contribution in [-0.2, 0) is 17.0 Å². The minimum Gasteiger partial charge on any atom is -0.493 e. The Morgan fingerprint density at radius 2 is 1.52 bits per heavy atom. The SMILES string of the molecule is COc1cc(CN2CCN(S(=O)(=O)F)CC2)cc(OC)c1OC. The van der Waals surface area contributed by atoms with Gasteiger partial charge in [-0.15, -0.1) is 0 Å². The molecule has 1 aliphatic rings. The number of methoxy groups -OCH3 is 3. The zero-order chi connectivity index (χ0) is 17.0. The van der Waals surface area contributed by atoms with Crippen LogP contribution in [0.3, 0.4) is 0 Å². The summed E-state index contributed by atoms with van der Waals surface area (Å²) in [6, 6.07) is 3.69. The van der Waals surface area contributed by atoms with Gasteiger partial charge in [-0.05, 0) is 17.7 Å². The number of rotatable bonds is 6. The molecule has 0 N–H and O–H groups in total. The predicted molar refractivity (Wildman–Crippen MR) is 83.0 cm³/mol. The van der Waals surface area contributed by atoms with Gasteiger partial charge in [0.25, 0.3) is 0 Å². The number of halogens is 1. The number of hydrogen-bond donors (Lipinski definition) is 0. The molecule has 0 saturated carbocycles. The average Bonchev–Trinajstić information content (AvgIpc) is 2.53. The van der Waals surface area contributed by atoms with Gasteiger partial charge in [0.15, 0.2) is 11.5 Å². The highest BCUT2D eigenvalue weighted by molar-refractivity contribution is 7.83. The minimum absolute atomic E-state index is 0.142. The Morgan fingerprint density at radius 1 is 1.00 bits per heavy atom. The summed E-state index contributed by atoms with van der Waals surface area (Å²) in [5.41, 5.74) is 0.941. The van der Waals surface area contributed by atoms with Crippen molar-refractivity contribution in [2.45, 2.75) is 6.54 Å². The zero-order valence-electron chi connectivity index (χ0n) is 13.4. The van der Waals surface area contributed by atoms with Crippen molar-refractivity contribution in [3.8, 4) is 17.2 Å². The number of nitrogens with zero attached hydrogens (tertiary/aromatic N) is 2. The van der Waals surface area contributed by atoms with Gasteiger partial charge in [-0.2, -0.15) is 12.7 Å². The molecule has 1 saturated heterocycles. The molecule has 0 radical (unpaired) electrons. The Kier molecular flexibility index (Phi) is 5.66. The van der Waals surface area contributed by atoms with Crippen LogP contribution in [0.15, 0.2) is 12.1 Å². The molecule has 0 aromatic heterocycles. The van der Waals surface area contributed by atoms with E-state index in [9.17, 15) is 12.3 Å². The van der Waals surface area contributed by atoms with Gasteiger partial charge in [-0.1, -0.05) is 3.89 Å². The summed E-state index contributed by atoms with van der Waals surface area (Å²) in [7, 11) is 0.0311. The Hall–Kier alpha value is -1.58.